The van der Waals surface area contributed by atoms with E-state index in [1.54, 1.807) is 36.5 Å². The van der Waals surface area contributed by atoms with Gasteiger partial charge in [0.15, 0.2) is 0 Å². The number of nitrogens with zero attached hydrogens (tertiary/aromatic N) is 5. The lowest BCUT2D eigenvalue weighted by molar-refractivity contribution is 0.640. The van der Waals surface area contributed by atoms with E-state index in [1.807, 2.05) is 0 Å². The van der Waals surface area contributed by atoms with Crippen molar-refractivity contribution in [1.29, 1.82) is 0 Å². The molecule has 0 N–H and O–H groups in total. The van der Waals surface area contributed by atoms with E-state index in [4.69, 9.17) is 0 Å². The molecule has 2 heterocycles. The molecular formula is C22H21N5S. The summed E-state index contributed by atoms with van der Waals surface area (Å²) in [5.74, 6) is 0.463. The van der Waals surface area contributed by atoms with Crippen LogP contribution in [-0.4, -0.2) is 25.0 Å². The molecule has 0 amide bonds. The van der Waals surface area contributed by atoms with E-state index < -0.39 is 0 Å². The van der Waals surface area contributed by atoms with Crippen molar-refractivity contribution < 1.29 is 0 Å². The van der Waals surface area contributed by atoms with Crippen LogP contribution in [0.15, 0.2) is 83.1 Å². The maximum Gasteiger partial charge on any atom is 0.268 e. The average molecular weight is 388 g/mol. The Labute approximate surface area is 168 Å². The molecule has 0 spiro atoms. The molecule has 4 aromatic rings. The van der Waals surface area contributed by atoms with Gasteiger partial charge in [-0.05, 0) is 30.2 Å². The van der Waals surface area contributed by atoms with Gasteiger partial charge in [0, 0.05) is 27.6 Å². The van der Waals surface area contributed by atoms with E-state index in [2.05, 4.69) is 89.5 Å². The largest absolute Gasteiger partial charge is 0.268 e. The third-order valence-corrected chi connectivity index (χ3v) is 5.75. The topological polar surface area (TPSA) is 56.5 Å². The smallest absolute Gasteiger partial charge is 0.217 e. The second-order valence-electron chi connectivity index (χ2n) is 7.15. The normalized spacial score (nSPS) is 11.5. The van der Waals surface area contributed by atoms with Crippen LogP contribution in [0, 0.1) is 6.92 Å². The van der Waals surface area contributed by atoms with Gasteiger partial charge in [0.2, 0.25) is 0 Å². The first-order chi connectivity index (χ1) is 13.5. The number of hydrogen-bond donors (Lipinski definition) is 0. The van der Waals surface area contributed by atoms with Gasteiger partial charge in [-0.1, -0.05) is 67.6 Å². The van der Waals surface area contributed by atoms with Crippen molar-refractivity contribution in [3.63, 3.8) is 0 Å². The van der Waals surface area contributed by atoms with E-state index in [-0.39, 0.29) is 5.41 Å². The molecule has 0 unspecified atom stereocenters. The minimum absolute atomic E-state index is 0.0432. The molecule has 28 heavy (non-hydrogen) atoms. The first-order valence-corrected chi connectivity index (χ1v) is 9.88. The van der Waals surface area contributed by atoms with Gasteiger partial charge in [-0.15, -0.1) is 4.80 Å². The monoisotopic (exact) mass is 387 g/mol. The Morgan fingerprint density at radius 1 is 0.750 bits per heavy atom. The Morgan fingerprint density at radius 2 is 1.29 bits per heavy atom. The highest BCUT2D eigenvalue weighted by molar-refractivity contribution is 7.99. The first kappa shape index (κ1) is 18.4. The van der Waals surface area contributed by atoms with Gasteiger partial charge < -0.3 is 0 Å². The molecule has 0 aliphatic heterocycles. The second kappa shape index (κ2) is 7.56. The maximum atomic E-state index is 4.33. The van der Waals surface area contributed by atoms with Gasteiger partial charge in [0.25, 0.3) is 5.95 Å². The Kier molecular flexibility index (Phi) is 4.96. The zero-order chi connectivity index (χ0) is 19.6. The van der Waals surface area contributed by atoms with Crippen LogP contribution in [-0.2, 0) is 5.41 Å². The van der Waals surface area contributed by atoms with Crippen LogP contribution in [0.1, 0.15) is 30.5 Å². The van der Waals surface area contributed by atoms with E-state index in [0.29, 0.717) is 5.95 Å². The lowest BCUT2D eigenvalue weighted by atomic mass is 9.78. The highest BCUT2D eigenvalue weighted by atomic mass is 32.2. The minimum Gasteiger partial charge on any atom is -0.217 e. The summed E-state index contributed by atoms with van der Waals surface area (Å²) in [6, 6.07) is 17.5. The van der Waals surface area contributed by atoms with E-state index in [1.165, 1.54) is 21.5 Å². The van der Waals surface area contributed by atoms with Crippen LogP contribution >= 0.6 is 11.8 Å². The van der Waals surface area contributed by atoms with E-state index in [9.17, 15) is 0 Å². The van der Waals surface area contributed by atoms with Crippen molar-refractivity contribution in [3.8, 4) is 5.95 Å². The van der Waals surface area contributed by atoms with Crippen LogP contribution in [0.3, 0.4) is 0 Å². The van der Waals surface area contributed by atoms with Gasteiger partial charge in [0.05, 0.1) is 12.4 Å². The molecule has 0 atom stereocenters. The van der Waals surface area contributed by atoms with E-state index in [0.717, 1.165) is 9.79 Å². The summed E-state index contributed by atoms with van der Waals surface area (Å²) in [7, 11) is 0. The van der Waals surface area contributed by atoms with Gasteiger partial charge in [-0.2, -0.15) is 10.2 Å². The molecule has 0 aliphatic rings. The molecule has 6 heteroatoms. The number of rotatable bonds is 5. The van der Waals surface area contributed by atoms with Crippen LogP contribution in [0.4, 0.5) is 0 Å². The maximum absolute atomic E-state index is 4.33. The Balaban J connectivity index is 1.49. The zero-order valence-electron chi connectivity index (χ0n) is 16.1. The number of aryl methyl sites for hydroxylation is 1. The number of hydrogen-bond acceptors (Lipinski definition) is 5. The molecule has 5 nitrogen and oxygen atoms in total. The molecule has 140 valence electrons. The summed E-state index contributed by atoms with van der Waals surface area (Å²) >= 11 is 1.64. The van der Waals surface area contributed by atoms with Gasteiger partial charge in [0.1, 0.15) is 0 Å². The standard InChI is InChI=1S/C22H21N5S/c1-16-4-6-17(7-5-16)22(2,3)18-8-10-19(11-9-18)28-20-14-23-21(24-15-20)27-25-12-13-26-27/h4-15H,1-3H3. The molecular weight excluding hydrogens is 366 g/mol. The van der Waals surface area contributed by atoms with Crippen molar-refractivity contribution in [1.82, 2.24) is 25.0 Å². The van der Waals surface area contributed by atoms with Crippen LogP contribution in [0.2, 0.25) is 0 Å². The summed E-state index contributed by atoms with van der Waals surface area (Å²) in [5.41, 5.74) is 3.84. The third kappa shape index (κ3) is 3.82. The van der Waals surface area contributed by atoms with Crippen LogP contribution < -0.4 is 0 Å². The highest BCUT2D eigenvalue weighted by Gasteiger charge is 2.22. The second-order valence-corrected chi connectivity index (χ2v) is 8.30. The van der Waals surface area contributed by atoms with Crippen molar-refractivity contribution in [2.75, 3.05) is 0 Å². The van der Waals surface area contributed by atoms with Gasteiger partial charge in [-0.25, -0.2) is 9.97 Å². The lowest BCUT2D eigenvalue weighted by Gasteiger charge is -2.26. The summed E-state index contributed by atoms with van der Waals surface area (Å²) in [4.78, 5) is 12.2. The summed E-state index contributed by atoms with van der Waals surface area (Å²) in [6.45, 7) is 6.63. The molecule has 0 radical (unpaired) electrons. The van der Waals surface area contributed by atoms with E-state index >= 15 is 0 Å². The highest BCUT2D eigenvalue weighted by Crippen LogP contribution is 2.34. The Morgan fingerprint density at radius 3 is 1.86 bits per heavy atom. The summed E-state index contributed by atoms with van der Waals surface area (Å²) in [5, 5.41) is 8.07. The van der Waals surface area contributed by atoms with Crippen LogP contribution in [0.5, 0.6) is 0 Å². The van der Waals surface area contributed by atoms with Crippen molar-refractivity contribution in [2.45, 2.75) is 36.0 Å². The first-order valence-electron chi connectivity index (χ1n) is 9.07. The molecule has 0 saturated carbocycles. The van der Waals surface area contributed by atoms with Gasteiger partial charge in [-0.3, -0.25) is 0 Å². The fourth-order valence-electron chi connectivity index (χ4n) is 3.00. The van der Waals surface area contributed by atoms with Gasteiger partial charge >= 0.3 is 0 Å². The predicted molar refractivity (Wildman–Crippen MR) is 111 cm³/mol. The zero-order valence-corrected chi connectivity index (χ0v) is 16.9. The van der Waals surface area contributed by atoms with Crippen LogP contribution in [0.25, 0.3) is 5.95 Å². The fraction of sp³-hybridized carbons (Fsp3) is 0.182. The molecule has 4 rings (SSSR count). The third-order valence-electron chi connectivity index (χ3n) is 4.80. The summed E-state index contributed by atoms with van der Waals surface area (Å²) in [6.07, 6.45) is 6.79. The van der Waals surface area contributed by atoms with Crippen molar-refractivity contribution in [3.05, 3.63) is 90.0 Å². The van der Waals surface area contributed by atoms with Crippen molar-refractivity contribution in [2.24, 2.45) is 0 Å². The molecule has 0 bridgehead atoms. The predicted octanol–water partition coefficient (Wildman–Crippen LogP) is 4.84. The molecule has 2 aromatic heterocycles. The molecule has 0 saturated heterocycles. The fourth-order valence-corrected chi connectivity index (χ4v) is 3.75. The number of aromatic nitrogens is 5. The SMILES string of the molecule is Cc1ccc(C(C)(C)c2ccc(Sc3cnc(-n4nccn4)nc3)cc2)cc1. The molecule has 0 aliphatic carbocycles. The average Bonchev–Trinajstić information content (AvgIpc) is 3.24. The Bertz CT molecular complexity index is 1040. The number of benzene rings is 2. The molecule has 2 aromatic carbocycles. The quantitative estimate of drug-likeness (QED) is 0.490. The Hall–Kier alpha value is -2.99. The van der Waals surface area contributed by atoms with Crippen molar-refractivity contribution >= 4 is 11.8 Å². The lowest BCUT2D eigenvalue weighted by Crippen LogP contribution is -2.18. The molecule has 0 fully saturated rings. The summed E-state index contributed by atoms with van der Waals surface area (Å²) < 4.78 is 0. The minimum atomic E-state index is -0.0432.